The number of hydrogen-bond donors (Lipinski definition) is 1. The Morgan fingerprint density at radius 2 is 1.86 bits per heavy atom. The third-order valence-electron chi connectivity index (χ3n) is 3.52. The number of ether oxygens (including phenoxy) is 2. The molecule has 1 amide bonds. The van der Waals surface area contributed by atoms with Crippen LogP contribution in [0.3, 0.4) is 0 Å². The third kappa shape index (κ3) is 5.38. The molecule has 0 aliphatic heterocycles. The van der Waals surface area contributed by atoms with Gasteiger partial charge in [-0.2, -0.15) is 0 Å². The van der Waals surface area contributed by atoms with Gasteiger partial charge in [0.05, 0.1) is 6.61 Å². The number of carbonyl (C=O) groups excluding carboxylic acids is 1. The molecule has 0 aromatic heterocycles. The van der Waals surface area contributed by atoms with E-state index in [1.165, 1.54) is 0 Å². The molecule has 21 heavy (non-hydrogen) atoms. The van der Waals surface area contributed by atoms with Crippen LogP contribution in [-0.4, -0.2) is 25.2 Å². The number of amides is 1. The zero-order valence-corrected chi connectivity index (χ0v) is 13.6. The van der Waals surface area contributed by atoms with Gasteiger partial charge in [0.2, 0.25) is 0 Å². The molecule has 0 aliphatic rings. The van der Waals surface area contributed by atoms with Crippen molar-refractivity contribution < 1.29 is 14.3 Å². The number of hydrogen-bond acceptors (Lipinski definition) is 3. The van der Waals surface area contributed by atoms with E-state index >= 15 is 0 Å². The normalized spacial score (nSPS) is 13.5. The van der Waals surface area contributed by atoms with Crippen molar-refractivity contribution in [3.05, 3.63) is 24.3 Å². The SMILES string of the molecule is CCCC[C@@](C)(OC)C(=O)Nc1ccc(OCCC)cc1. The smallest absolute Gasteiger partial charge is 0.256 e. The van der Waals surface area contributed by atoms with Gasteiger partial charge < -0.3 is 14.8 Å². The Hall–Kier alpha value is -1.55. The molecule has 1 aromatic carbocycles. The summed E-state index contributed by atoms with van der Waals surface area (Å²) in [6.45, 7) is 6.70. The predicted octanol–water partition coefficient (Wildman–Crippen LogP) is 4.01. The molecule has 1 atom stereocenters. The Bertz CT molecular complexity index is 430. The molecule has 0 aliphatic carbocycles. The minimum Gasteiger partial charge on any atom is -0.494 e. The van der Waals surface area contributed by atoms with Crippen LogP contribution in [0.2, 0.25) is 0 Å². The molecule has 4 nitrogen and oxygen atoms in total. The van der Waals surface area contributed by atoms with E-state index in [0.717, 1.165) is 30.7 Å². The summed E-state index contributed by atoms with van der Waals surface area (Å²) in [4.78, 5) is 12.4. The van der Waals surface area contributed by atoms with E-state index in [-0.39, 0.29) is 5.91 Å². The first-order chi connectivity index (χ1) is 10.1. The number of nitrogens with one attached hydrogen (secondary N) is 1. The molecule has 0 spiro atoms. The van der Waals surface area contributed by atoms with Gasteiger partial charge in [-0.15, -0.1) is 0 Å². The second-order valence-corrected chi connectivity index (χ2v) is 5.37. The fourth-order valence-electron chi connectivity index (χ4n) is 1.94. The summed E-state index contributed by atoms with van der Waals surface area (Å²) in [6.07, 6.45) is 3.68. The lowest BCUT2D eigenvalue weighted by molar-refractivity contribution is -0.136. The third-order valence-corrected chi connectivity index (χ3v) is 3.52. The van der Waals surface area contributed by atoms with Crippen molar-refractivity contribution in [2.75, 3.05) is 19.0 Å². The van der Waals surface area contributed by atoms with Crippen LogP contribution in [-0.2, 0) is 9.53 Å². The molecule has 4 heteroatoms. The zero-order valence-electron chi connectivity index (χ0n) is 13.6. The van der Waals surface area contributed by atoms with Gasteiger partial charge >= 0.3 is 0 Å². The Balaban J connectivity index is 2.64. The van der Waals surface area contributed by atoms with Gasteiger partial charge in [0.15, 0.2) is 0 Å². The summed E-state index contributed by atoms with van der Waals surface area (Å²) in [5.74, 6) is 0.705. The van der Waals surface area contributed by atoms with E-state index < -0.39 is 5.60 Å². The van der Waals surface area contributed by atoms with Crippen molar-refractivity contribution in [2.45, 2.75) is 52.1 Å². The fraction of sp³-hybridized carbons (Fsp3) is 0.588. The molecule has 0 bridgehead atoms. The lowest BCUT2D eigenvalue weighted by atomic mass is 9.97. The molecule has 0 saturated carbocycles. The van der Waals surface area contributed by atoms with E-state index in [1.54, 1.807) is 7.11 Å². The summed E-state index contributed by atoms with van der Waals surface area (Å²) in [5.41, 5.74) is -0.0310. The Morgan fingerprint density at radius 1 is 1.19 bits per heavy atom. The molecule has 1 N–H and O–H groups in total. The highest BCUT2D eigenvalue weighted by molar-refractivity contribution is 5.97. The van der Waals surface area contributed by atoms with Crippen LogP contribution in [0.5, 0.6) is 5.75 Å². The highest BCUT2D eigenvalue weighted by atomic mass is 16.5. The van der Waals surface area contributed by atoms with E-state index in [4.69, 9.17) is 9.47 Å². The first kappa shape index (κ1) is 17.5. The van der Waals surface area contributed by atoms with Crippen molar-refractivity contribution in [3.8, 4) is 5.75 Å². The summed E-state index contributed by atoms with van der Waals surface area (Å²) in [7, 11) is 1.58. The number of anilines is 1. The first-order valence-corrected chi connectivity index (χ1v) is 7.65. The number of rotatable bonds is 9. The largest absolute Gasteiger partial charge is 0.494 e. The molecular formula is C17H27NO3. The highest BCUT2D eigenvalue weighted by Crippen LogP contribution is 2.22. The summed E-state index contributed by atoms with van der Waals surface area (Å²) < 4.78 is 10.9. The number of unbranched alkanes of at least 4 members (excludes halogenated alkanes) is 1. The van der Waals surface area contributed by atoms with Gasteiger partial charge in [0, 0.05) is 12.8 Å². The molecule has 0 unspecified atom stereocenters. The van der Waals surface area contributed by atoms with Crippen LogP contribution in [0.4, 0.5) is 5.69 Å². The van der Waals surface area contributed by atoms with Gasteiger partial charge in [0.1, 0.15) is 11.4 Å². The van der Waals surface area contributed by atoms with Crippen LogP contribution in [0.25, 0.3) is 0 Å². The molecule has 1 rings (SSSR count). The number of benzene rings is 1. The Kier molecular flexibility index (Phi) is 7.23. The van der Waals surface area contributed by atoms with Crippen molar-refractivity contribution in [3.63, 3.8) is 0 Å². The summed E-state index contributed by atoms with van der Waals surface area (Å²) in [5, 5.41) is 2.91. The second kappa shape index (κ2) is 8.67. The quantitative estimate of drug-likeness (QED) is 0.748. The molecule has 118 valence electrons. The zero-order chi connectivity index (χ0) is 15.7. The topological polar surface area (TPSA) is 47.6 Å². The predicted molar refractivity (Wildman–Crippen MR) is 85.8 cm³/mol. The maximum absolute atomic E-state index is 12.4. The van der Waals surface area contributed by atoms with Gasteiger partial charge in [-0.25, -0.2) is 0 Å². The van der Waals surface area contributed by atoms with Crippen LogP contribution < -0.4 is 10.1 Å². The number of methoxy groups -OCH3 is 1. The maximum atomic E-state index is 12.4. The standard InChI is InChI=1S/C17H27NO3/c1-5-7-12-17(3,20-4)16(19)18-14-8-10-15(11-9-14)21-13-6-2/h8-11H,5-7,12-13H2,1-4H3,(H,18,19)/t17-/m1/s1. The lowest BCUT2D eigenvalue weighted by Gasteiger charge is -2.26. The van der Waals surface area contributed by atoms with Crippen molar-refractivity contribution in [1.82, 2.24) is 0 Å². The Labute approximate surface area is 127 Å². The average molecular weight is 293 g/mol. The van der Waals surface area contributed by atoms with Crippen LogP contribution in [0.1, 0.15) is 46.5 Å². The van der Waals surface area contributed by atoms with Crippen LogP contribution in [0.15, 0.2) is 24.3 Å². The monoisotopic (exact) mass is 293 g/mol. The van der Waals surface area contributed by atoms with Crippen molar-refractivity contribution >= 4 is 11.6 Å². The molecule has 0 fully saturated rings. The molecule has 1 aromatic rings. The molecule has 0 radical (unpaired) electrons. The first-order valence-electron chi connectivity index (χ1n) is 7.65. The summed E-state index contributed by atoms with van der Waals surface area (Å²) in [6, 6.07) is 7.42. The minimum absolute atomic E-state index is 0.110. The van der Waals surface area contributed by atoms with E-state index in [9.17, 15) is 4.79 Å². The van der Waals surface area contributed by atoms with Gasteiger partial charge in [-0.1, -0.05) is 26.7 Å². The van der Waals surface area contributed by atoms with Crippen LogP contribution in [0, 0.1) is 0 Å². The van der Waals surface area contributed by atoms with E-state index in [0.29, 0.717) is 13.0 Å². The van der Waals surface area contributed by atoms with Gasteiger partial charge in [0.25, 0.3) is 5.91 Å². The minimum atomic E-state index is -0.784. The average Bonchev–Trinajstić information content (AvgIpc) is 2.51. The second-order valence-electron chi connectivity index (χ2n) is 5.37. The van der Waals surface area contributed by atoms with Crippen LogP contribution >= 0.6 is 0 Å². The van der Waals surface area contributed by atoms with Crippen molar-refractivity contribution in [1.29, 1.82) is 0 Å². The lowest BCUT2D eigenvalue weighted by Crippen LogP contribution is -2.41. The van der Waals surface area contributed by atoms with E-state index in [1.807, 2.05) is 31.2 Å². The van der Waals surface area contributed by atoms with Gasteiger partial charge in [-0.3, -0.25) is 4.79 Å². The fourth-order valence-corrected chi connectivity index (χ4v) is 1.94. The molecule has 0 heterocycles. The summed E-state index contributed by atoms with van der Waals surface area (Å²) >= 11 is 0. The maximum Gasteiger partial charge on any atom is 0.256 e. The molecular weight excluding hydrogens is 266 g/mol. The Morgan fingerprint density at radius 3 is 2.38 bits per heavy atom. The highest BCUT2D eigenvalue weighted by Gasteiger charge is 2.32. The van der Waals surface area contributed by atoms with Gasteiger partial charge in [-0.05, 0) is 44.0 Å². The van der Waals surface area contributed by atoms with E-state index in [2.05, 4.69) is 19.2 Å². The molecule has 0 saturated heterocycles. The van der Waals surface area contributed by atoms with Crippen molar-refractivity contribution in [2.24, 2.45) is 0 Å². The number of carbonyl (C=O) groups is 1.